The van der Waals surface area contributed by atoms with Gasteiger partial charge in [0.1, 0.15) is 0 Å². The van der Waals surface area contributed by atoms with Gasteiger partial charge in [-0.2, -0.15) is 0 Å². The molecule has 2 N–H and O–H groups in total. The second kappa shape index (κ2) is 10.3. The van der Waals surface area contributed by atoms with E-state index < -0.39 is 0 Å². The average molecular weight is 298 g/mol. The van der Waals surface area contributed by atoms with Gasteiger partial charge in [0.05, 0.1) is 7.11 Å². The monoisotopic (exact) mass is 298 g/mol. The Kier molecular flexibility index (Phi) is 8.46. The number of hydrogen-bond acceptors (Lipinski definition) is 4. The highest BCUT2D eigenvalue weighted by molar-refractivity contribution is 7.09. The van der Waals surface area contributed by atoms with Gasteiger partial charge >= 0.3 is 12.0 Å². The Bertz CT molecular complexity index is 393. The average Bonchev–Trinajstić information content (AvgIpc) is 2.95. The highest BCUT2D eigenvalue weighted by Gasteiger charge is 2.01. The topological polar surface area (TPSA) is 67.4 Å². The Balaban J connectivity index is 1.91. The number of esters is 1. The second-order valence-electron chi connectivity index (χ2n) is 4.40. The van der Waals surface area contributed by atoms with Crippen LogP contribution in [0.5, 0.6) is 0 Å². The van der Waals surface area contributed by atoms with Crippen molar-refractivity contribution in [1.29, 1.82) is 0 Å². The van der Waals surface area contributed by atoms with Crippen molar-refractivity contribution in [2.75, 3.05) is 20.2 Å². The number of carbonyl (C=O) groups is 2. The number of rotatable bonds is 9. The maximum atomic E-state index is 11.5. The van der Waals surface area contributed by atoms with Crippen LogP contribution in [0.3, 0.4) is 0 Å². The Morgan fingerprint density at radius 2 is 2.00 bits per heavy atom. The molecule has 1 heterocycles. The van der Waals surface area contributed by atoms with E-state index in [0.29, 0.717) is 19.5 Å². The predicted octanol–water partition coefficient (Wildman–Crippen LogP) is 2.32. The SMILES string of the molecule is COC(=O)CCCCCNC(=O)NCCc1cccs1. The highest BCUT2D eigenvalue weighted by atomic mass is 32.1. The minimum Gasteiger partial charge on any atom is -0.469 e. The number of hydrogen-bond donors (Lipinski definition) is 2. The summed E-state index contributed by atoms with van der Waals surface area (Å²) in [6, 6.07) is 3.94. The quantitative estimate of drug-likeness (QED) is 0.543. The molecule has 0 unspecified atom stereocenters. The lowest BCUT2D eigenvalue weighted by molar-refractivity contribution is -0.140. The van der Waals surface area contributed by atoms with Crippen molar-refractivity contribution < 1.29 is 14.3 Å². The smallest absolute Gasteiger partial charge is 0.314 e. The number of amides is 2. The van der Waals surface area contributed by atoms with Crippen molar-refractivity contribution in [3.63, 3.8) is 0 Å². The molecular formula is C14H22N2O3S. The molecule has 0 aliphatic carbocycles. The van der Waals surface area contributed by atoms with Gasteiger partial charge in [-0.15, -0.1) is 11.3 Å². The summed E-state index contributed by atoms with van der Waals surface area (Å²) in [6.07, 6.45) is 3.89. The zero-order valence-electron chi connectivity index (χ0n) is 11.8. The van der Waals surface area contributed by atoms with E-state index in [0.717, 1.165) is 25.7 Å². The number of urea groups is 1. The van der Waals surface area contributed by atoms with Gasteiger partial charge in [0.15, 0.2) is 0 Å². The molecule has 0 fully saturated rings. The van der Waals surface area contributed by atoms with E-state index >= 15 is 0 Å². The first-order valence-corrected chi connectivity index (χ1v) is 7.71. The van der Waals surface area contributed by atoms with Crippen molar-refractivity contribution in [2.24, 2.45) is 0 Å². The molecule has 1 aromatic heterocycles. The fraction of sp³-hybridized carbons (Fsp3) is 0.571. The van der Waals surface area contributed by atoms with Crippen LogP contribution >= 0.6 is 11.3 Å². The van der Waals surface area contributed by atoms with Gasteiger partial charge in [-0.3, -0.25) is 4.79 Å². The van der Waals surface area contributed by atoms with E-state index in [4.69, 9.17) is 0 Å². The van der Waals surface area contributed by atoms with Crippen molar-refractivity contribution in [3.8, 4) is 0 Å². The molecule has 0 bridgehead atoms. The van der Waals surface area contributed by atoms with Gasteiger partial charge in [0.25, 0.3) is 0 Å². The minimum absolute atomic E-state index is 0.130. The number of unbranched alkanes of at least 4 members (excludes halogenated alkanes) is 2. The summed E-state index contributed by atoms with van der Waals surface area (Å²) in [6.45, 7) is 1.28. The minimum atomic E-state index is -0.177. The summed E-state index contributed by atoms with van der Waals surface area (Å²) in [5.74, 6) is -0.177. The Morgan fingerprint density at radius 1 is 1.20 bits per heavy atom. The molecule has 0 saturated carbocycles. The van der Waals surface area contributed by atoms with Crippen molar-refractivity contribution in [3.05, 3.63) is 22.4 Å². The third kappa shape index (κ3) is 7.78. The van der Waals surface area contributed by atoms with Crippen LogP contribution in [0.15, 0.2) is 17.5 Å². The van der Waals surface area contributed by atoms with Crippen LogP contribution in [-0.4, -0.2) is 32.2 Å². The van der Waals surface area contributed by atoms with Crippen LogP contribution in [0, 0.1) is 0 Å². The summed E-state index contributed by atoms with van der Waals surface area (Å²) >= 11 is 1.70. The van der Waals surface area contributed by atoms with Crippen molar-refractivity contribution >= 4 is 23.3 Å². The van der Waals surface area contributed by atoms with Crippen LogP contribution in [0.25, 0.3) is 0 Å². The molecule has 2 amide bonds. The van der Waals surface area contributed by atoms with E-state index in [2.05, 4.69) is 21.4 Å². The number of nitrogens with one attached hydrogen (secondary N) is 2. The summed E-state index contributed by atoms with van der Waals surface area (Å²) in [7, 11) is 1.39. The van der Waals surface area contributed by atoms with Crippen LogP contribution in [-0.2, 0) is 16.0 Å². The van der Waals surface area contributed by atoms with Gasteiger partial charge in [0.2, 0.25) is 0 Å². The van der Waals surface area contributed by atoms with Gasteiger partial charge < -0.3 is 15.4 Å². The van der Waals surface area contributed by atoms with Crippen LogP contribution in [0.2, 0.25) is 0 Å². The fourth-order valence-corrected chi connectivity index (χ4v) is 2.40. The third-order valence-corrected chi connectivity index (χ3v) is 3.74. The third-order valence-electron chi connectivity index (χ3n) is 2.81. The molecule has 5 nitrogen and oxygen atoms in total. The van der Waals surface area contributed by atoms with Crippen molar-refractivity contribution in [2.45, 2.75) is 32.1 Å². The zero-order chi connectivity index (χ0) is 14.6. The molecule has 0 saturated heterocycles. The van der Waals surface area contributed by atoms with Crippen molar-refractivity contribution in [1.82, 2.24) is 10.6 Å². The molecule has 1 aromatic rings. The Labute approximate surface area is 123 Å². The summed E-state index contributed by atoms with van der Waals surface area (Å²) in [5, 5.41) is 7.66. The van der Waals surface area contributed by atoms with Crippen LogP contribution < -0.4 is 10.6 Å². The molecular weight excluding hydrogens is 276 g/mol. The number of methoxy groups -OCH3 is 1. The predicted molar refractivity (Wildman–Crippen MR) is 79.9 cm³/mol. The molecule has 6 heteroatoms. The zero-order valence-corrected chi connectivity index (χ0v) is 12.6. The molecule has 1 rings (SSSR count). The first-order valence-electron chi connectivity index (χ1n) is 6.83. The molecule has 0 aliphatic heterocycles. The van der Waals surface area contributed by atoms with Gasteiger partial charge in [0, 0.05) is 24.4 Å². The molecule has 0 radical (unpaired) electrons. The summed E-state index contributed by atoms with van der Waals surface area (Å²) in [4.78, 5) is 23.6. The Morgan fingerprint density at radius 3 is 2.70 bits per heavy atom. The first kappa shape index (κ1) is 16.5. The second-order valence-corrected chi connectivity index (χ2v) is 5.43. The molecule has 112 valence electrons. The lowest BCUT2D eigenvalue weighted by atomic mass is 10.2. The van der Waals surface area contributed by atoms with Crippen LogP contribution in [0.4, 0.5) is 4.79 Å². The normalized spacial score (nSPS) is 10.1. The number of ether oxygens (including phenoxy) is 1. The maximum absolute atomic E-state index is 11.5. The highest BCUT2D eigenvalue weighted by Crippen LogP contribution is 2.07. The summed E-state index contributed by atoms with van der Waals surface area (Å²) in [5.41, 5.74) is 0. The van der Waals surface area contributed by atoms with E-state index in [1.54, 1.807) is 11.3 Å². The van der Waals surface area contributed by atoms with Gasteiger partial charge in [-0.25, -0.2) is 4.79 Å². The maximum Gasteiger partial charge on any atom is 0.314 e. The molecule has 0 aromatic carbocycles. The van der Waals surface area contributed by atoms with E-state index in [9.17, 15) is 9.59 Å². The lowest BCUT2D eigenvalue weighted by Gasteiger charge is -2.06. The molecule has 0 spiro atoms. The molecule has 20 heavy (non-hydrogen) atoms. The lowest BCUT2D eigenvalue weighted by Crippen LogP contribution is -2.37. The standard InChI is InChI=1S/C14H22N2O3S/c1-19-13(17)7-3-2-4-9-15-14(18)16-10-8-12-6-5-11-20-12/h5-6,11H,2-4,7-10H2,1H3,(H2,15,16,18). The van der Waals surface area contributed by atoms with E-state index in [1.807, 2.05) is 11.4 Å². The number of carbonyl (C=O) groups excluding carboxylic acids is 2. The van der Waals surface area contributed by atoms with E-state index in [1.165, 1.54) is 12.0 Å². The van der Waals surface area contributed by atoms with Crippen LogP contribution in [0.1, 0.15) is 30.6 Å². The Hall–Kier alpha value is -1.56. The van der Waals surface area contributed by atoms with Gasteiger partial charge in [-0.05, 0) is 30.7 Å². The van der Waals surface area contributed by atoms with E-state index in [-0.39, 0.29) is 12.0 Å². The largest absolute Gasteiger partial charge is 0.469 e. The number of thiophene rings is 1. The first-order chi connectivity index (χ1) is 9.72. The molecule has 0 atom stereocenters. The molecule has 0 aliphatic rings. The fourth-order valence-electron chi connectivity index (χ4n) is 1.69. The summed E-state index contributed by atoms with van der Waals surface area (Å²) < 4.78 is 4.55. The van der Waals surface area contributed by atoms with Gasteiger partial charge in [-0.1, -0.05) is 12.5 Å².